The molecule has 6 heteroatoms. The lowest BCUT2D eigenvalue weighted by Crippen LogP contribution is -2.40. The molecule has 19 heavy (non-hydrogen) atoms. The lowest BCUT2D eigenvalue weighted by molar-refractivity contribution is 0.465. The SMILES string of the molecule is Cc1ccc(S(=O)(=O)NC(CN)CC(C)C)cc1Cl. The largest absolute Gasteiger partial charge is 0.329 e. The summed E-state index contributed by atoms with van der Waals surface area (Å²) in [5.74, 6) is 0.373. The maximum absolute atomic E-state index is 12.2. The lowest BCUT2D eigenvalue weighted by atomic mass is 10.1. The molecule has 0 aliphatic carbocycles. The van der Waals surface area contributed by atoms with Crippen LogP contribution < -0.4 is 10.5 Å². The van der Waals surface area contributed by atoms with E-state index in [9.17, 15) is 8.42 Å². The summed E-state index contributed by atoms with van der Waals surface area (Å²) in [5, 5.41) is 0.441. The van der Waals surface area contributed by atoms with Crippen LogP contribution in [0, 0.1) is 12.8 Å². The molecular weight excluding hydrogens is 284 g/mol. The molecule has 1 aromatic rings. The number of nitrogens with two attached hydrogens (primary N) is 1. The Balaban J connectivity index is 2.93. The average molecular weight is 305 g/mol. The van der Waals surface area contributed by atoms with Crippen LogP contribution in [0.2, 0.25) is 5.02 Å². The van der Waals surface area contributed by atoms with Crippen molar-refractivity contribution in [2.75, 3.05) is 6.54 Å². The Morgan fingerprint density at radius 3 is 2.47 bits per heavy atom. The fourth-order valence-corrected chi connectivity index (χ4v) is 3.32. The van der Waals surface area contributed by atoms with E-state index in [-0.39, 0.29) is 17.5 Å². The van der Waals surface area contributed by atoms with Gasteiger partial charge in [0.1, 0.15) is 0 Å². The van der Waals surface area contributed by atoms with E-state index in [0.29, 0.717) is 17.4 Å². The smallest absolute Gasteiger partial charge is 0.240 e. The van der Waals surface area contributed by atoms with Gasteiger partial charge in [-0.2, -0.15) is 0 Å². The first-order valence-corrected chi connectivity index (χ1v) is 8.11. The molecule has 0 aliphatic rings. The van der Waals surface area contributed by atoms with Gasteiger partial charge in [0.25, 0.3) is 0 Å². The third kappa shape index (κ3) is 4.76. The van der Waals surface area contributed by atoms with Gasteiger partial charge < -0.3 is 5.73 Å². The standard InChI is InChI=1S/C13H21ClN2O2S/c1-9(2)6-11(8-15)16-19(17,18)12-5-4-10(3)13(14)7-12/h4-5,7,9,11,16H,6,8,15H2,1-3H3. The lowest BCUT2D eigenvalue weighted by Gasteiger charge is -2.19. The summed E-state index contributed by atoms with van der Waals surface area (Å²) < 4.78 is 27.1. The Hall–Kier alpha value is -0.620. The number of nitrogens with one attached hydrogen (secondary N) is 1. The van der Waals surface area contributed by atoms with Crippen LogP contribution in [0.1, 0.15) is 25.8 Å². The molecule has 4 nitrogen and oxygen atoms in total. The van der Waals surface area contributed by atoms with Crippen LogP contribution in [0.3, 0.4) is 0 Å². The molecule has 1 rings (SSSR count). The minimum atomic E-state index is -3.57. The Bertz CT molecular complexity index is 529. The fraction of sp³-hybridized carbons (Fsp3) is 0.538. The Labute approximate surface area is 120 Å². The molecule has 0 spiro atoms. The van der Waals surface area contributed by atoms with Crippen LogP contribution in [0.4, 0.5) is 0 Å². The molecule has 0 aliphatic heterocycles. The van der Waals surface area contributed by atoms with Gasteiger partial charge in [-0.15, -0.1) is 0 Å². The molecule has 0 bridgehead atoms. The number of hydrogen-bond acceptors (Lipinski definition) is 3. The molecule has 0 aromatic heterocycles. The molecule has 1 aromatic carbocycles. The van der Waals surface area contributed by atoms with Gasteiger partial charge >= 0.3 is 0 Å². The predicted octanol–water partition coefficient (Wildman–Crippen LogP) is 2.30. The van der Waals surface area contributed by atoms with Crippen molar-refractivity contribution in [1.29, 1.82) is 0 Å². The average Bonchev–Trinajstić information content (AvgIpc) is 2.30. The summed E-state index contributed by atoms with van der Waals surface area (Å²) in [5.41, 5.74) is 6.45. The summed E-state index contributed by atoms with van der Waals surface area (Å²) in [6, 6.07) is 4.44. The number of aryl methyl sites for hydroxylation is 1. The van der Waals surface area contributed by atoms with Crippen molar-refractivity contribution in [2.45, 2.75) is 38.1 Å². The number of benzene rings is 1. The van der Waals surface area contributed by atoms with Crippen molar-refractivity contribution < 1.29 is 8.42 Å². The van der Waals surface area contributed by atoms with E-state index in [2.05, 4.69) is 4.72 Å². The van der Waals surface area contributed by atoms with Crippen LogP contribution in [-0.2, 0) is 10.0 Å². The zero-order valence-corrected chi connectivity index (χ0v) is 13.1. The molecule has 0 fully saturated rings. The van der Waals surface area contributed by atoms with Gasteiger partial charge in [-0.05, 0) is 37.0 Å². The number of rotatable bonds is 6. The van der Waals surface area contributed by atoms with Crippen LogP contribution in [0.5, 0.6) is 0 Å². The van der Waals surface area contributed by atoms with Gasteiger partial charge in [-0.1, -0.05) is 31.5 Å². The topological polar surface area (TPSA) is 72.2 Å². The number of sulfonamides is 1. The normalized spacial score (nSPS) is 13.8. The molecule has 1 atom stereocenters. The highest BCUT2D eigenvalue weighted by Crippen LogP contribution is 2.20. The summed E-state index contributed by atoms with van der Waals surface area (Å²) in [6.07, 6.45) is 0.704. The Kier molecular flexibility index (Phi) is 5.80. The van der Waals surface area contributed by atoms with Crippen molar-refractivity contribution in [3.05, 3.63) is 28.8 Å². The number of hydrogen-bond donors (Lipinski definition) is 2. The van der Waals surface area contributed by atoms with Crippen molar-refractivity contribution >= 4 is 21.6 Å². The van der Waals surface area contributed by atoms with E-state index in [1.165, 1.54) is 6.07 Å². The Morgan fingerprint density at radius 2 is 2.00 bits per heavy atom. The molecule has 0 amide bonds. The molecule has 0 saturated heterocycles. The summed E-state index contributed by atoms with van der Waals surface area (Å²) >= 11 is 5.96. The molecule has 1 unspecified atom stereocenters. The van der Waals surface area contributed by atoms with Gasteiger partial charge in [0.2, 0.25) is 10.0 Å². The highest BCUT2D eigenvalue weighted by atomic mass is 35.5. The molecular formula is C13H21ClN2O2S. The first-order chi connectivity index (χ1) is 8.76. The monoisotopic (exact) mass is 304 g/mol. The first-order valence-electron chi connectivity index (χ1n) is 6.24. The molecule has 0 radical (unpaired) electrons. The molecule has 108 valence electrons. The first kappa shape index (κ1) is 16.4. The highest BCUT2D eigenvalue weighted by Gasteiger charge is 2.20. The predicted molar refractivity (Wildman–Crippen MR) is 78.8 cm³/mol. The van der Waals surface area contributed by atoms with Gasteiger partial charge in [-0.25, -0.2) is 13.1 Å². The Morgan fingerprint density at radius 1 is 1.37 bits per heavy atom. The maximum Gasteiger partial charge on any atom is 0.240 e. The fourth-order valence-electron chi connectivity index (χ4n) is 1.79. The quantitative estimate of drug-likeness (QED) is 0.847. The van der Waals surface area contributed by atoms with Crippen molar-refractivity contribution in [2.24, 2.45) is 11.7 Å². The van der Waals surface area contributed by atoms with Crippen molar-refractivity contribution in [3.63, 3.8) is 0 Å². The molecule has 0 saturated carbocycles. The highest BCUT2D eigenvalue weighted by molar-refractivity contribution is 7.89. The van der Waals surface area contributed by atoms with E-state index in [1.807, 2.05) is 20.8 Å². The van der Waals surface area contributed by atoms with Crippen molar-refractivity contribution in [1.82, 2.24) is 4.72 Å². The van der Waals surface area contributed by atoms with Crippen LogP contribution >= 0.6 is 11.6 Å². The van der Waals surface area contributed by atoms with E-state index >= 15 is 0 Å². The van der Waals surface area contributed by atoms with Crippen LogP contribution in [0.15, 0.2) is 23.1 Å². The second-order valence-corrected chi connectivity index (χ2v) is 7.22. The molecule has 3 N–H and O–H groups in total. The third-order valence-electron chi connectivity index (χ3n) is 2.82. The second-order valence-electron chi connectivity index (χ2n) is 5.09. The van der Waals surface area contributed by atoms with Crippen LogP contribution in [-0.4, -0.2) is 21.0 Å². The molecule has 0 heterocycles. The zero-order chi connectivity index (χ0) is 14.6. The van der Waals surface area contributed by atoms with E-state index < -0.39 is 10.0 Å². The summed E-state index contributed by atoms with van der Waals surface area (Å²) in [6.45, 7) is 6.16. The van der Waals surface area contributed by atoms with E-state index in [4.69, 9.17) is 17.3 Å². The van der Waals surface area contributed by atoms with E-state index in [1.54, 1.807) is 12.1 Å². The number of halogens is 1. The van der Waals surface area contributed by atoms with Crippen LogP contribution in [0.25, 0.3) is 0 Å². The third-order valence-corrected chi connectivity index (χ3v) is 4.74. The van der Waals surface area contributed by atoms with Gasteiger partial charge in [-0.3, -0.25) is 0 Å². The zero-order valence-electron chi connectivity index (χ0n) is 11.5. The van der Waals surface area contributed by atoms with Gasteiger partial charge in [0.05, 0.1) is 4.90 Å². The second kappa shape index (κ2) is 6.70. The minimum absolute atomic E-state index is 0.172. The van der Waals surface area contributed by atoms with E-state index in [0.717, 1.165) is 5.56 Å². The maximum atomic E-state index is 12.2. The van der Waals surface area contributed by atoms with Gasteiger partial charge in [0.15, 0.2) is 0 Å². The van der Waals surface area contributed by atoms with Crippen molar-refractivity contribution in [3.8, 4) is 0 Å². The summed E-state index contributed by atoms with van der Waals surface area (Å²) in [4.78, 5) is 0.172. The van der Waals surface area contributed by atoms with Gasteiger partial charge in [0, 0.05) is 17.6 Å². The minimum Gasteiger partial charge on any atom is -0.329 e. The summed E-state index contributed by atoms with van der Waals surface area (Å²) in [7, 11) is -3.57.